The third kappa shape index (κ3) is 1.30. The zero-order valence-electron chi connectivity index (χ0n) is 7.95. The second kappa shape index (κ2) is 3.28. The zero-order chi connectivity index (χ0) is 10.3. The van der Waals surface area contributed by atoms with Crippen molar-refractivity contribution in [3.63, 3.8) is 0 Å². The van der Waals surface area contributed by atoms with E-state index in [-0.39, 0.29) is 0 Å². The molecule has 1 heterocycles. The van der Waals surface area contributed by atoms with Crippen molar-refractivity contribution in [1.82, 2.24) is 0 Å². The van der Waals surface area contributed by atoms with E-state index in [0.29, 0.717) is 0 Å². The highest BCUT2D eigenvalue weighted by Crippen LogP contribution is 2.40. The lowest BCUT2D eigenvalue weighted by Gasteiger charge is -2.15. The highest BCUT2D eigenvalue weighted by atomic mass is 79.9. The van der Waals surface area contributed by atoms with E-state index in [2.05, 4.69) is 15.9 Å². The number of aldehydes is 1. The molecular formula is C10H10BrNO2. The lowest BCUT2D eigenvalue weighted by molar-refractivity contribution is -0.113. The molecule has 0 radical (unpaired) electrons. The van der Waals surface area contributed by atoms with Gasteiger partial charge in [0.2, 0.25) is 6.23 Å². The molecule has 1 aromatic rings. The van der Waals surface area contributed by atoms with Crippen LogP contribution in [0.25, 0.3) is 0 Å². The SMILES string of the molecule is Cc1cc(Br)cc2c1N(C)C(C=O)O2. The number of nitrogens with zero attached hydrogens (tertiary/aromatic N) is 1. The Morgan fingerprint density at radius 2 is 2.29 bits per heavy atom. The van der Waals surface area contributed by atoms with Gasteiger partial charge in [0.1, 0.15) is 5.75 Å². The average molecular weight is 256 g/mol. The van der Waals surface area contributed by atoms with Crippen molar-refractivity contribution in [2.45, 2.75) is 13.2 Å². The summed E-state index contributed by atoms with van der Waals surface area (Å²) in [6.07, 6.45) is 0.311. The van der Waals surface area contributed by atoms with Crippen LogP contribution in [0.15, 0.2) is 16.6 Å². The molecule has 0 fully saturated rings. The van der Waals surface area contributed by atoms with Crippen LogP contribution in [0.1, 0.15) is 5.56 Å². The summed E-state index contributed by atoms with van der Waals surface area (Å²) in [5.41, 5.74) is 2.09. The Morgan fingerprint density at radius 1 is 1.57 bits per heavy atom. The molecule has 1 aliphatic heterocycles. The fraction of sp³-hybridized carbons (Fsp3) is 0.300. The molecule has 0 aliphatic carbocycles. The van der Waals surface area contributed by atoms with Crippen LogP contribution in [0, 0.1) is 6.92 Å². The van der Waals surface area contributed by atoms with Gasteiger partial charge in [-0.2, -0.15) is 0 Å². The molecule has 0 aromatic heterocycles. The second-order valence-corrected chi connectivity index (χ2v) is 4.24. The van der Waals surface area contributed by atoms with Gasteiger partial charge in [-0.3, -0.25) is 4.79 Å². The standard InChI is InChI=1S/C10H10BrNO2/c1-6-3-7(11)4-8-10(6)12(2)9(5-13)14-8/h3-5,9H,1-2H3. The van der Waals surface area contributed by atoms with E-state index in [1.807, 2.05) is 31.0 Å². The summed E-state index contributed by atoms with van der Waals surface area (Å²) >= 11 is 3.39. The molecule has 3 nitrogen and oxygen atoms in total. The van der Waals surface area contributed by atoms with Gasteiger partial charge >= 0.3 is 0 Å². The molecular weight excluding hydrogens is 246 g/mol. The largest absolute Gasteiger partial charge is 0.461 e. The number of carbonyl (C=O) groups is 1. The first-order valence-electron chi connectivity index (χ1n) is 4.28. The van der Waals surface area contributed by atoms with Crippen LogP contribution in [-0.2, 0) is 4.79 Å². The molecule has 2 rings (SSSR count). The molecule has 14 heavy (non-hydrogen) atoms. The number of benzene rings is 1. The van der Waals surface area contributed by atoms with Crippen molar-refractivity contribution in [3.8, 4) is 5.75 Å². The molecule has 0 spiro atoms. The number of likely N-dealkylation sites (N-methyl/N-ethyl adjacent to an activating group) is 1. The van der Waals surface area contributed by atoms with Crippen molar-refractivity contribution in [3.05, 3.63) is 22.2 Å². The monoisotopic (exact) mass is 255 g/mol. The number of aryl methyl sites for hydroxylation is 1. The molecule has 0 bridgehead atoms. The Labute approximate surface area is 90.8 Å². The van der Waals surface area contributed by atoms with Crippen molar-refractivity contribution in [2.75, 3.05) is 11.9 Å². The van der Waals surface area contributed by atoms with Crippen molar-refractivity contribution < 1.29 is 9.53 Å². The van der Waals surface area contributed by atoms with Gasteiger partial charge in [-0.05, 0) is 24.6 Å². The van der Waals surface area contributed by atoms with Crippen LogP contribution >= 0.6 is 15.9 Å². The molecule has 1 aromatic carbocycles. The van der Waals surface area contributed by atoms with Gasteiger partial charge in [0.25, 0.3) is 0 Å². The van der Waals surface area contributed by atoms with Crippen molar-refractivity contribution in [2.24, 2.45) is 0 Å². The molecule has 0 saturated heterocycles. The van der Waals surface area contributed by atoms with Gasteiger partial charge < -0.3 is 9.64 Å². The lowest BCUT2D eigenvalue weighted by atomic mass is 10.2. The van der Waals surface area contributed by atoms with Crippen LogP contribution in [0.3, 0.4) is 0 Å². The van der Waals surface area contributed by atoms with E-state index >= 15 is 0 Å². The topological polar surface area (TPSA) is 29.5 Å². The van der Waals surface area contributed by atoms with E-state index < -0.39 is 6.23 Å². The third-order valence-corrected chi connectivity index (χ3v) is 2.79. The molecule has 74 valence electrons. The second-order valence-electron chi connectivity index (χ2n) is 3.32. The number of halogens is 1. The quantitative estimate of drug-likeness (QED) is 0.721. The fourth-order valence-electron chi connectivity index (χ4n) is 1.70. The molecule has 1 unspecified atom stereocenters. The molecule has 1 aliphatic rings. The summed E-state index contributed by atoms with van der Waals surface area (Å²) in [7, 11) is 1.85. The first kappa shape index (κ1) is 9.52. The van der Waals surface area contributed by atoms with Crippen molar-refractivity contribution >= 4 is 27.9 Å². The highest BCUT2D eigenvalue weighted by Gasteiger charge is 2.29. The Kier molecular flexibility index (Phi) is 2.23. The molecule has 0 amide bonds. The Bertz CT molecular complexity index is 392. The minimum atomic E-state index is -0.488. The van der Waals surface area contributed by atoms with Crippen molar-refractivity contribution in [1.29, 1.82) is 0 Å². The Morgan fingerprint density at radius 3 is 2.93 bits per heavy atom. The maximum Gasteiger partial charge on any atom is 0.228 e. The van der Waals surface area contributed by atoms with Crippen LogP contribution < -0.4 is 9.64 Å². The van der Waals surface area contributed by atoms with Gasteiger partial charge in [0.15, 0.2) is 6.29 Å². The van der Waals surface area contributed by atoms with E-state index in [4.69, 9.17) is 4.74 Å². The summed E-state index contributed by atoms with van der Waals surface area (Å²) in [5, 5.41) is 0. The van der Waals surface area contributed by atoms with E-state index in [1.54, 1.807) is 0 Å². The van der Waals surface area contributed by atoms with E-state index in [0.717, 1.165) is 27.8 Å². The summed E-state index contributed by atoms with van der Waals surface area (Å²) in [4.78, 5) is 12.5. The first-order valence-corrected chi connectivity index (χ1v) is 5.07. The summed E-state index contributed by atoms with van der Waals surface area (Å²) in [6.45, 7) is 2.00. The van der Waals surface area contributed by atoms with Crippen LogP contribution in [0.4, 0.5) is 5.69 Å². The number of rotatable bonds is 1. The fourth-order valence-corrected chi connectivity index (χ4v) is 2.25. The predicted molar refractivity (Wildman–Crippen MR) is 57.8 cm³/mol. The number of anilines is 1. The molecule has 0 N–H and O–H groups in total. The van der Waals surface area contributed by atoms with Gasteiger partial charge in [-0.25, -0.2) is 0 Å². The summed E-state index contributed by atoms with van der Waals surface area (Å²) < 4.78 is 6.42. The number of hydrogen-bond acceptors (Lipinski definition) is 3. The van der Waals surface area contributed by atoms with Crippen LogP contribution in [0.5, 0.6) is 5.75 Å². The van der Waals surface area contributed by atoms with Crippen LogP contribution in [-0.4, -0.2) is 19.6 Å². The molecule has 1 atom stereocenters. The Hall–Kier alpha value is -1.03. The number of fused-ring (bicyclic) bond motifs is 1. The third-order valence-electron chi connectivity index (χ3n) is 2.33. The summed E-state index contributed by atoms with van der Waals surface area (Å²) in [5.74, 6) is 0.761. The first-order chi connectivity index (χ1) is 6.63. The van der Waals surface area contributed by atoms with E-state index in [1.165, 1.54) is 0 Å². The van der Waals surface area contributed by atoms with Crippen LogP contribution in [0.2, 0.25) is 0 Å². The van der Waals surface area contributed by atoms with E-state index in [9.17, 15) is 4.79 Å². The van der Waals surface area contributed by atoms with Gasteiger partial charge in [-0.1, -0.05) is 15.9 Å². The number of hydrogen-bond donors (Lipinski definition) is 0. The minimum absolute atomic E-state index is 0.488. The van der Waals surface area contributed by atoms with Gasteiger partial charge in [-0.15, -0.1) is 0 Å². The lowest BCUT2D eigenvalue weighted by Crippen LogP contribution is -2.32. The Balaban J connectivity index is 2.53. The highest BCUT2D eigenvalue weighted by molar-refractivity contribution is 9.10. The number of ether oxygens (including phenoxy) is 1. The number of carbonyl (C=O) groups excluding carboxylic acids is 1. The van der Waals surface area contributed by atoms with Gasteiger partial charge in [0.05, 0.1) is 5.69 Å². The van der Waals surface area contributed by atoms with Gasteiger partial charge in [0, 0.05) is 11.5 Å². The molecule has 0 saturated carbocycles. The molecule has 4 heteroatoms. The normalized spacial score (nSPS) is 19.1. The maximum absolute atomic E-state index is 10.7. The smallest absolute Gasteiger partial charge is 0.228 e. The predicted octanol–water partition coefficient (Wildman–Crippen LogP) is 2.11. The summed E-state index contributed by atoms with van der Waals surface area (Å²) in [6, 6.07) is 3.88. The minimum Gasteiger partial charge on any atom is -0.461 e. The average Bonchev–Trinajstić information content (AvgIpc) is 2.42. The zero-order valence-corrected chi connectivity index (χ0v) is 9.54. The maximum atomic E-state index is 10.7.